The number of methoxy groups -OCH3 is 1. The number of pyridine rings is 1. The fourth-order valence-electron chi connectivity index (χ4n) is 3.49. The number of benzene rings is 2. The summed E-state index contributed by atoms with van der Waals surface area (Å²) in [6.45, 7) is 5.84. The number of rotatable bonds is 5. The molecule has 0 aliphatic carbocycles. The number of amides is 1. The monoisotopic (exact) mass is 428 g/mol. The van der Waals surface area contributed by atoms with Gasteiger partial charge in [-0.15, -0.1) is 0 Å². The van der Waals surface area contributed by atoms with Crippen LogP contribution in [0.2, 0.25) is 0 Å². The fraction of sp³-hybridized carbons (Fsp3) is 0.160. The lowest BCUT2D eigenvalue weighted by molar-refractivity contribution is 0.102. The number of hydrogen-bond donors (Lipinski definition) is 1. The van der Waals surface area contributed by atoms with E-state index in [0.29, 0.717) is 22.7 Å². The van der Waals surface area contributed by atoms with Crippen molar-refractivity contribution in [1.82, 2.24) is 14.3 Å². The van der Waals surface area contributed by atoms with Crippen LogP contribution in [0.1, 0.15) is 27.0 Å². The number of nitrogens with one attached hydrogen (secondary N) is 1. The highest BCUT2D eigenvalue weighted by molar-refractivity contribution is 6.05. The average Bonchev–Trinajstić information content (AvgIpc) is 3.20. The van der Waals surface area contributed by atoms with Gasteiger partial charge in [0.05, 0.1) is 35.9 Å². The van der Waals surface area contributed by atoms with Crippen LogP contribution in [0.25, 0.3) is 11.4 Å². The van der Waals surface area contributed by atoms with Gasteiger partial charge in [0.1, 0.15) is 5.75 Å². The Kier molecular flexibility index (Phi) is 5.64. The lowest BCUT2D eigenvalue weighted by Gasteiger charge is -2.14. The second-order valence-electron chi connectivity index (χ2n) is 7.74. The maximum atomic E-state index is 13.1. The quantitative estimate of drug-likeness (QED) is 0.517. The molecule has 4 aromatic rings. The first-order valence-electron chi connectivity index (χ1n) is 10.2. The van der Waals surface area contributed by atoms with Crippen LogP contribution in [0.15, 0.2) is 71.9 Å². The van der Waals surface area contributed by atoms with Gasteiger partial charge in [-0.25, -0.2) is 4.68 Å². The van der Waals surface area contributed by atoms with Crippen LogP contribution < -0.4 is 15.6 Å². The molecule has 0 saturated heterocycles. The Bertz CT molecular complexity index is 1370. The van der Waals surface area contributed by atoms with E-state index in [2.05, 4.69) is 10.4 Å². The van der Waals surface area contributed by atoms with Crippen LogP contribution in [0.3, 0.4) is 0 Å². The molecular formula is C25H24N4O3. The number of aromatic nitrogens is 3. The summed E-state index contributed by atoms with van der Waals surface area (Å²) >= 11 is 0. The van der Waals surface area contributed by atoms with Gasteiger partial charge < -0.3 is 10.1 Å². The Hall–Kier alpha value is -4.13. The van der Waals surface area contributed by atoms with Gasteiger partial charge in [0, 0.05) is 18.5 Å². The topological polar surface area (TPSA) is 78.2 Å². The first-order valence-corrected chi connectivity index (χ1v) is 10.2. The lowest BCUT2D eigenvalue weighted by Crippen LogP contribution is -2.21. The molecular weight excluding hydrogens is 404 g/mol. The van der Waals surface area contributed by atoms with Gasteiger partial charge in [0.25, 0.3) is 11.5 Å². The smallest absolute Gasteiger partial charge is 0.257 e. The lowest BCUT2D eigenvalue weighted by atomic mass is 10.1. The van der Waals surface area contributed by atoms with Crippen molar-refractivity contribution < 1.29 is 9.53 Å². The summed E-state index contributed by atoms with van der Waals surface area (Å²) in [7, 11) is 1.55. The van der Waals surface area contributed by atoms with E-state index in [1.165, 1.54) is 22.9 Å². The van der Waals surface area contributed by atoms with E-state index in [4.69, 9.17) is 4.74 Å². The highest BCUT2D eigenvalue weighted by Crippen LogP contribution is 2.24. The molecule has 0 radical (unpaired) electrons. The van der Waals surface area contributed by atoms with Crippen molar-refractivity contribution in [3.8, 4) is 17.1 Å². The summed E-state index contributed by atoms with van der Waals surface area (Å²) in [6, 6.07) is 14.2. The SMILES string of the molecule is COc1ccc(C)cc1-n1cc(C(=O)Nc2cc(C)ccc2-n2cc(C)cn2)ccc1=O. The summed E-state index contributed by atoms with van der Waals surface area (Å²) in [4.78, 5) is 25.7. The van der Waals surface area contributed by atoms with Gasteiger partial charge in [0.15, 0.2) is 0 Å². The third kappa shape index (κ3) is 4.18. The van der Waals surface area contributed by atoms with Gasteiger partial charge in [-0.1, -0.05) is 12.1 Å². The molecule has 0 aliphatic heterocycles. The summed E-state index contributed by atoms with van der Waals surface area (Å²) in [5.74, 6) is 0.214. The van der Waals surface area contributed by atoms with Crippen molar-refractivity contribution in [2.24, 2.45) is 0 Å². The van der Waals surface area contributed by atoms with Crippen molar-refractivity contribution in [2.45, 2.75) is 20.8 Å². The Balaban J connectivity index is 1.72. The van der Waals surface area contributed by atoms with E-state index in [9.17, 15) is 9.59 Å². The zero-order valence-corrected chi connectivity index (χ0v) is 18.4. The average molecular weight is 428 g/mol. The molecule has 7 heteroatoms. The molecule has 0 fully saturated rings. The third-order valence-corrected chi connectivity index (χ3v) is 5.13. The highest BCUT2D eigenvalue weighted by atomic mass is 16.5. The molecule has 0 spiro atoms. The molecule has 2 aromatic heterocycles. The zero-order chi connectivity index (χ0) is 22.8. The fourth-order valence-corrected chi connectivity index (χ4v) is 3.49. The number of carbonyl (C=O) groups is 1. The zero-order valence-electron chi connectivity index (χ0n) is 18.4. The Morgan fingerprint density at radius 3 is 2.38 bits per heavy atom. The van der Waals surface area contributed by atoms with Crippen molar-refractivity contribution in [2.75, 3.05) is 12.4 Å². The second-order valence-corrected chi connectivity index (χ2v) is 7.74. The Labute approximate surface area is 185 Å². The van der Waals surface area contributed by atoms with Crippen LogP contribution in [-0.2, 0) is 0 Å². The van der Waals surface area contributed by atoms with Crippen molar-refractivity contribution in [1.29, 1.82) is 0 Å². The van der Waals surface area contributed by atoms with E-state index in [1.807, 2.05) is 57.3 Å². The van der Waals surface area contributed by atoms with Crippen LogP contribution in [0, 0.1) is 20.8 Å². The predicted octanol–water partition coefficient (Wildman–Crippen LogP) is 4.21. The number of nitrogens with zero attached hydrogens (tertiary/aromatic N) is 3. The van der Waals surface area contributed by atoms with E-state index >= 15 is 0 Å². The minimum Gasteiger partial charge on any atom is -0.495 e. The van der Waals surface area contributed by atoms with Gasteiger partial charge >= 0.3 is 0 Å². The van der Waals surface area contributed by atoms with Gasteiger partial charge in [-0.3, -0.25) is 14.2 Å². The number of carbonyl (C=O) groups excluding carboxylic acids is 1. The van der Waals surface area contributed by atoms with Crippen molar-refractivity contribution in [3.05, 3.63) is 99.7 Å². The normalized spacial score (nSPS) is 10.8. The molecule has 0 unspecified atom stereocenters. The minimum atomic E-state index is -0.332. The highest BCUT2D eigenvalue weighted by Gasteiger charge is 2.15. The summed E-state index contributed by atoms with van der Waals surface area (Å²) in [6.07, 6.45) is 5.18. The third-order valence-electron chi connectivity index (χ3n) is 5.13. The summed E-state index contributed by atoms with van der Waals surface area (Å²) < 4.78 is 8.57. The van der Waals surface area contributed by atoms with Crippen molar-refractivity contribution in [3.63, 3.8) is 0 Å². The molecule has 2 heterocycles. The van der Waals surface area contributed by atoms with Crippen LogP contribution in [0.5, 0.6) is 5.75 Å². The van der Waals surface area contributed by atoms with E-state index in [-0.39, 0.29) is 11.5 Å². The molecule has 1 N–H and O–H groups in total. The minimum absolute atomic E-state index is 0.256. The molecule has 0 saturated carbocycles. The molecule has 162 valence electrons. The van der Waals surface area contributed by atoms with Crippen LogP contribution in [0.4, 0.5) is 5.69 Å². The summed E-state index contributed by atoms with van der Waals surface area (Å²) in [5, 5.41) is 7.32. The van der Waals surface area contributed by atoms with E-state index in [1.54, 1.807) is 24.1 Å². The molecule has 0 bridgehead atoms. The molecule has 2 aromatic carbocycles. The maximum absolute atomic E-state index is 13.1. The van der Waals surface area contributed by atoms with Crippen LogP contribution in [-0.4, -0.2) is 27.4 Å². The summed E-state index contributed by atoms with van der Waals surface area (Å²) in [5.41, 5.74) is 5.04. The van der Waals surface area contributed by atoms with Crippen LogP contribution >= 0.6 is 0 Å². The first kappa shape index (κ1) is 21.1. The first-order chi connectivity index (χ1) is 15.4. The second kappa shape index (κ2) is 8.55. The molecule has 0 atom stereocenters. The number of ether oxygens (including phenoxy) is 1. The van der Waals surface area contributed by atoms with Crippen molar-refractivity contribution >= 4 is 11.6 Å². The van der Waals surface area contributed by atoms with E-state index < -0.39 is 0 Å². The van der Waals surface area contributed by atoms with E-state index in [0.717, 1.165) is 22.4 Å². The molecule has 0 aliphatic rings. The molecule has 4 rings (SSSR count). The molecule has 7 nitrogen and oxygen atoms in total. The predicted molar refractivity (Wildman–Crippen MR) is 124 cm³/mol. The largest absolute Gasteiger partial charge is 0.495 e. The van der Waals surface area contributed by atoms with Gasteiger partial charge in [-0.2, -0.15) is 5.10 Å². The number of hydrogen-bond acceptors (Lipinski definition) is 4. The standard InChI is InChI=1S/C25H24N4O3/c1-16-5-8-21(29-14-18(3)13-26-29)20(11-16)27-25(31)19-7-10-24(30)28(15-19)22-12-17(2)6-9-23(22)32-4/h5-15H,1-4H3,(H,27,31). The number of anilines is 1. The Morgan fingerprint density at radius 1 is 0.906 bits per heavy atom. The Morgan fingerprint density at radius 2 is 1.66 bits per heavy atom. The van der Waals surface area contributed by atoms with Gasteiger partial charge in [0.2, 0.25) is 0 Å². The maximum Gasteiger partial charge on any atom is 0.257 e. The molecule has 32 heavy (non-hydrogen) atoms. The molecule has 1 amide bonds. The number of aryl methyl sites for hydroxylation is 3. The van der Waals surface area contributed by atoms with Gasteiger partial charge in [-0.05, 0) is 67.8 Å².